The van der Waals surface area contributed by atoms with Crippen molar-refractivity contribution in [3.8, 4) is 0 Å². The van der Waals surface area contributed by atoms with Gasteiger partial charge in [-0.3, -0.25) is 0 Å². The lowest BCUT2D eigenvalue weighted by molar-refractivity contribution is 0.997. The van der Waals surface area contributed by atoms with Gasteiger partial charge in [0.1, 0.15) is 0 Å². The van der Waals surface area contributed by atoms with E-state index in [2.05, 4.69) is 49.4 Å². The van der Waals surface area contributed by atoms with E-state index in [0.717, 1.165) is 12.8 Å². The van der Waals surface area contributed by atoms with E-state index in [-0.39, 0.29) is 0 Å². The van der Waals surface area contributed by atoms with Crippen molar-refractivity contribution in [3.63, 3.8) is 0 Å². The Labute approximate surface area is 90.6 Å². The van der Waals surface area contributed by atoms with Crippen molar-refractivity contribution in [2.45, 2.75) is 19.8 Å². The molecule has 15 heavy (non-hydrogen) atoms. The lowest BCUT2D eigenvalue weighted by Gasteiger charge is -2.19. The van der Waals surface area contributed by atoms with Crippen molar-refractivity contribution < 1.29 is 0 Å². The summed E-state index contributed by atoms with van der Waals surface area (Å²) in [4.78, 5) is 0. The summed E-state index contributed by atoms with van der Waals surface area (Å²) in [7, 11) is 0. The van der Waals surface area contributed by atoms with E-state index in [9.17, 15) is 0 Å². The SMILES string of the molecule is Cc1ccc2c(c1)Cc1ccccc1C2. The molecule has 0 aromatic heterocycles. The molecule has 74 valence electrons. The van der Waals surface area contributed by atoms with Crippen LogP contribution in [0.15, 0.2) is 42.5 Å². The molecule has 0 bridgehead atoms. The van der Waals surface area contributed by atoms with Gasteiger partial charge in [0.15, 0.2) is 0 Å². The van der Waals surface area contributed by atoms with Crippen molar-refractivity contribution in [3.05, 3.63) is 70.3 Å². The van der Waals surface area contributed by atoms with Gasteiger partial charge >= 0.3 is 0 Å². The molecule has 2 aromatic rings. The van der Waals surface area contributed by atoms with E-state index in [0.29, 0.717) is 0 Å². The van der Waals surface area contributed by atoms with E-state index in [4.69, 9.17) is 0 Å². The van der Waals surface area contributed by atoms with Crippen LogP contribution in [0.4, 0.5) is 0 Å². The van der Waals surface area contributed by atoms with Crippen molar-refractivity contribution in [1.29, 1.82) is 0 Å². The number of aryl methyl sites for hydroxylation is 1. The number of benzene rings is 2. The Bertz CT molecular complexity index is 509. The van der Waals surface area contributed by atoms with Gasteiger partial charge in [-0.25, -0.2) is 0 Å². The molecular weight excluding hydrogens is 180 g/mol. The van der Waals surface area contributed by atoms with Crippen molar-refractivity contribution in [2.75, 3.05) is 0 Å². The quantitative estimate of drug-likeness (QED) is 0.514. The summed E-state index contributed by atoms with van der Waals surface area (Å²) in [5, 5.41) is 0. The van der Waals surface area contributed by atoms with Gasteiger partial charge in [0.25, 0.3) is 0 Å². The fourth-order valence-corrected chi connectivity index (χ4v) is 2.40. The van der Waals surface area contributed by atoms with Crippen LogP contribution in [-0.2, 0) is 12.8 Å². The van der Waals surface area contributed by atoms with Crippen molar-refractivity contribution in [2.24, 2.45) is 0 Å². The molecule has 0 nitrogen and oxygen atoms in total. The highest BCUT2D eigenvalue weighted by Crippen LogP contribution is 2.27. The number of rotatable bonds is 0. The molecule has 0 heterocycles. The molecule has 0 N–H and O–H groups in total. The molecule has 0 heteroatoms. The van der Waals surface area contributed by atoms with Crippen LogP contribution < -0.4 is 0 Å². The van der Waals surface area contributed by atoms with Gasteiger partial charge in [0.2, 0.25) is 0 Å². The van der Waals surface area contributed by atoms with Crippen LogP contribution in [0.5, 0.6) is 0 Å². The van der Waals surface area contributed by atoms with Gasteiger partial charge in [0, 0.05) is 0 Å². The Morgan fingerprint density at radius 2 is 1.33 bits per heavy atom. The average molecular weight is 194 g/mol. The maximum atomic E-state index is 2.32. The van der Waals surface area contributed by atoms with E-state index in [1.54, 1.807) is 0 Å². The number of hydrogen-bond donors (Lipinski definition) is 0. The van der Waals surface area contributed by atoms with Gasteiger partial charge < -0.3 is 0 Å². The lowest BCUT2D eigenvalue weighted by Crippen LogP contribution is -2.07. The van der Waals surface area contributed by atoms with Gasteiger partial charge in [0.05, 0.1) is 0 Å². The van der Waals surface area contributed by atoms with Gasteiger partial charge in [-0.1, -0.05) is 48.0 Å². The Morgan fingerprint density at radius 3 is 2.07 bits per heavy atom. The standard InChI is InChI=1S/C15H14/c1-11-6-7-14-9-12-4-2-3-5-13(12)10-15(14)8-11/h2-8H,9-10H2,1H3. The van der Waals surface area contributed by atoms with E-state index >= 15 is 0 Å². The summed E-state index contributed by atoms with van der Waals surface area (Å²) in [5.74, 6) is 0. The van der Waals surface area contributed by atoms with Crippen LogP contribution in [0.2, 0.25) is 0 Å². The highest BCUT2D eigenvalue weighted by Gasteiger charge is 2.13. The Hall–Kier alpha value is -1.56. The lowest BCUT2D eigenvalue weighted by atomic mass is 9.85. The molecule has 1 aliphatic rings. The molecule has 0 fully saturated rings. The van der Waals surface area contributed by atoms with Gasteiger partial charge in [-0.05, 0) is 42.0 Å². The summed E-state index contributed by atoms with van der Waals surface area (Å²) >= 11 is 0. The Morgan fingerprint density at radius 1 is 0.733 bits per heavy atom. The zero-order chi connectivity index (χ0) is 10.3. The van der Waals surface area contributed by atoms with Gasteiger partial charge in [-0.15, -0.1) is 0 Å². The third kappa shape index (κ3) is 1.46. The Kier molecular flexibility index (Phi) is 1.88. The van der Waals surface area contributed by atoms with Crippen LogP contribution in [0.3, 0.4) is 0 Å². The predicted molar refractivity (Wildman–Crippen MR) is 63.2 cm³/mol. The summed E-state index contributed by atoms with van der Waals surface area (Å²) in [6.07, 6.45) is 2.21. The maximum absolute atomic E-state index is 2.32. The highest BCUT2D eigenvalue weighted by molar-refractivity contribution is 5.46. The summed E-state index contributed by atoms with van der Waals surface area (Å²) in [6, 6.07) is 15.6. The van der Waals surface area contributed by atoms with Crippen LogP contribution in [0, 0.1) is 6.92 Å². The van der Waals surface area contributed by atoms with Crippen molar-refractivity contribution >= 4 is 0 Å². The minimum absolute atomic E-state index is 1.10. The first kappa shape index (κ1) is 8.72. The molecule has 1 aliphatic carbocycles. The first-order valence-corrected chi connectivity index (χ1v) is 5.48. The van der Waals surface area contributed by atoms with E-state index < -0.39 is 0 Å². The Balaban J connectivity index is 2.11. The minimum atomic E-state index is 1.10. The maximum Gasteiger partial charge on any atom is -0.00200 e. The molecule has 0 aliphatic heterocycles. The zero-order valence-electron chi connectivity index (χ0n) is 8.96. The third-order valence-corrected chi connectivity index (χ3v) is 3.24. The second kappa shape index (κ2) is 3.23. The zero-order valence-corrected chi connectivity index (χ0v) is 8.96. The molecule has 0 unspecified atom stereocenters. The molecule has 0 saturated heterocycles. The molecule has 0 amide bonds. The molecule has 2 aromatic carbocycles. The summed E-state index contributed by atoms with van der Waals surface area (Å²) in [6.45, 7) is 2.17. The molecular formula is C15H14. The van der Waals surface area contributed by atoms with E-state index in [1.807, 2.05) is 0 Å². The third-order valence-electron chi connectivity index (χ3n) is 3.24. The average Bonchev–Trinajstić information content (AvgIpc) is 2.26. The molecule has 0 atom stereocenters. The minimum Gasteiger partial charge on any atom is -0.0620 e. The van der Waals surface area contributed by atoms with Crippen LogP contribution in [-0.4, -0.2) is 0 Å². The second-order valence-corrected chi connectivity index (χ2v) is 4.39. The van der Waals surface area contributed by atoms with Gasteiger partial charge in [-0.2, -0.15) is 0 Å². The normalized spacial score (nSPS) is 13.1. The van der Waals surface area contributed by atoms with Crippen LogP contribution >= 0.6 is 0 Å². The van der Waals surface area contributed by atoms with Crippen molar-refractivity contribution in [1.82, 2.24) is 0 Å². The number of fused-ring (bicyclic) bond motifs is 2. The second-order valence-electron chi connectivity index (χ2n) is 4.39. The smallest absolute Gasteiger partial charge is 0.00200 e. The number of hydrogen-bond acceptors (Lipinski definition) is 0. The molecule has 0 radical (unpaired) electrons. The largest absolute Gasteiger partial charge is 0.0620 e. The molecule has 0 saturated carbocycles. The molecule has 3 rings (SSSR count). The molecule has 0 spiro atoms. The fraction of sp³-hybridized carbons (Fsp3) is 0.200. The fourth-order valence-electron chi connectivity index (χ4n) is 2.40. The highest BCUT2D eigenvalue weighted by atomic mass is 14.2. The first-order valence-electron chi connectivity index (χ1n) is 5.48. The monoisotopic (exact) mass is 194 g/mol. The van der Waals surface area contributed by atoms with E-state index in [1.165, 1.54) is 27.8 Å². The summed E-state index contributed by atoms with van der Waals surface area (Å²) in [5.41, 5.74) is 7.37. The predicted octanol–water partition coefficient (Wildman–Crippen LogP) is 3.49. The first-order chi connectivity index (χ1) is 7.33. The summed E-state index contributed by atoms with van der Waals surface area (Å²) < 4.78 is 0. The topological polar surface area (TPSA) is 0 Å². The van der Waals surface area contributed by atoms with Crippen LogP contribution in [0.1, 0.15) is 27.8 Å². The van der Waals surface area contributed by atoms with Crippen LogP contribution in [0.25, 0.3) is 0 Å².